The molecule has 0 aliphatic heterocycles. The number of quaternary nitrogens is 1. The van der Waals surface area contributed by atoms with Crippen LogP contribution in [0.3, 0.4) is 0 Å². The summed E-state index contributed by atoms with van der Waals surface area (Å²) < 4.78 is 34.0. The van der Waals surface area contributed by atoms with Gasteiger partial charge in [0.25, 0.3) is 0 Å². The van der Waals surface area contributed by atoms with Gasteiger partial charge in [-0.05, 0) is 12.8 Å². The number of nitrogens with zero attached hydrogens (tertiary/aromatic N) is 1. The fourth-order valence-electron chi connectivity index (χ4n) is 1.72. The maximum Gasteiger partial charge on any atom is 0.215 e. The van der Waals surface area contributed by atoms with Crippen LogP contribution in [0.5, 0.6) is 0 Å². The van der Waals surface area contributed by atoms with Gasteiger partial charge in [-0.15, -0.1) is 0 Å². The topological polar surface area (TPSA) is 77.4 Å². The van der Waals surface area contributed by atoms with Gasteiger partial charge in [-0.2, -0.15) is 0 Å². The van der Waals surface area contributed by atoms with Crippen LogP contribution < -0.4 is 0 Å². The van der Waals surface area contributed by atoms with E-state index in [0.29, 0.717) is 0 Å². The van der Waals surface area contributed by atoms with Gasteiger partial charge in [-0.1, -0.05) is 45.4 Å². The monoisotopic (exact) mass is 297 g/mol. The predicted octanol–water partition coefficient (Wildman–Crippen LogP) is 2.84. The Hall–Kier alpha value is -0.170. The molecule has 6 heteroatoms. The Bertz CT molecular complexity index is 276. The third kappa shape index (κ3) is 38.1. The van der Waals surface area contributed by atoms with Crippen LogP contribution in [0.15, 0.2) is 0 Å². The minimum Gasteiger partial charge on any atom is -0.726 e. The molecule has 0 fully saturated rings. The Kier molecular flexibility index (Phi) is 12.9. The lowest BCUT2D eigenvalue weighted by molar-refractivity contribution is -0.870. The van der Waals surface area contributed by atoms with Crippen molar-refractivity contribution < 1.29 is 22.0 Å². The summed E-state index contributed by atoms with van der Waals surface area (Å²) in [4.78, 5) is 0. The van der Waals surface area contributed by atoms with Crippen molar-refractivity contribution in [3.63, 3.8) is 0 Å². The summed E-state index contributed by atoms with van der Waals surface area (Å²) in [6.45, 7) is 3.61. The van der Waals surface area contributed by atoms with Crippen LogP contribution in [0.25, 0.3) is 0 Å². The molecule has 1 N–H and O–H groups in total. The molecule has 0 aromatic heterocycles. The summed E-state index contributed by atoms with van der Waals surface area (Å²) in [5, 5.41) is 0. The molecule has 0 aromatic carbocycles. The number of rotatable bonds is 9. The first kappa shape index (κ1) is 21.1. The van der Waals surface area contributed by atoms with E-state index in [1.165, 1.54) is 57.9 Å². The van der Waals surface area contributed by atoms with Crippen molar-refractivity contribution in [1.29, 1.82) is 0 Å². The largest absolute Gasteiger partial charge is 0.726 e. The minimum absolute atomic E-state index is 1.12. The standard InChI is InChI=1S/C13H30N.H2O4S/c1-5-6-7-8-9-10-11-12-13-14(2,3)4;1-5(2,3)4/h5-13H2,1-4H3;(H2,1,2,3,4)/q+1;/p-1. The molecule has 0 unspecified atom stereocenters. The number of unbranched alkanes of at least 4 members (excludes halogenated alkanes) is 7. The molecule has 19 heavy (non-hydrogen) atoms. The smallest absolute Gasteiger partial charge is 0.215 e. The van der Waals surface area contributed by atoms with Crippen molar-refractivity contribution in [3.05, 3.63) is 0 Å². The quantitative estimate of drug-likeness (QED) is 0.307. The van der Waals surface area contributed by atoms with Crippen molar-refractivity contribution in [2.24, 2.45) is 0 Å². The zero-order valence-electron chi connectivity index (χ0n) is 12.9. The molecule has 0 atom stereocenters. The summed E-state index contributed by atoms with van der Waals surface area (Å²) in [6, 6.07) is 0. The normalized spacial score (nSPS) is 11.9. The average molecular weight is 297 g/mol. The Morgan fingerprint density at radius 3 is 1.53 bits per heavy atom. The molecule has 0 spiro atoms. The molecule has 0 bridgehead atoms. The SMILES string of the molecule is CCCCCCCCCC[N+](C)(C)C.O=S(=O)([O-])O. The van der Waals surface area contributed by atoms with E-state index in [2.05, 4.69) is 28.1 Å². The number of hydrogen-bond donors (Lipinski definition) is 1. The van der Waals surface area contributed by atoms with Gasteiger partial charge in [0.15, 0.2) is 0 Å². The Morgan fingerprint density at radius 2 is 1.21 bits per heavy atom. The summed E-state index contributed by atoms with van der Waals surface area (Å²) in [6.07, 6.45) is 11.4. The molecule has 0 saturated carbocycles. The highest BCUT2D eigenvalue weighted by Gasteiger charge is 2.04. The molecule has 0 aliphatic rings. The van der Waals surface area contributed by atoms with Crippen LogP contribution in [-0.4, -0.2) is 49.7 Å². The molecular weight excluding hydrogens is 266 g/mol. The third-order valence-electron chi connectivity index (χ3n) is 2.68. The van der Waals surface area contributed by atoms with E-state index in [1.54, 1.807) is 0 Å². The van der Waals surface area contributed by atoms with Gasteiger partial charge in [0, 0.05) is 0 Å². The minimum atomic E-state index is -4.92. The Balaban J connectivity index is 0. The zero-order valence-corrected chi connectivity index (χ0v) is 13.7. The van der Waals surface area contributed by atoms with Gasteiger partial charge in [-0.3, -0.25) is 4.55 Å². The third-order valence-corrected chi connectivity index (χ3v) is 2.68. The molecular formula is C13H31NO4S. The van der Waals surface area contributed by atoms with Crippen molar-refractivity contribution in [2.75, 3.05) is 27.7 Å². The van der Waals surface area contributed by atoms with Gasteiger partial charge in [0.1, 0.15) is 0 Å². The van der Waals surface area contributed by atoms with E-state index >= 15 is 0 Å². The van der Waals surface area contributed by atoms with E-state index in [4.69, 9.17) is 17.5 Å². The van der Waals surface area contributed by atoms with Gasteiger partial charge < -0.3 is 9.04 Å². The maximum absolute atomic E-state index is 8.63. The molecule has 0 amide bonds. The van der Waals surface area contributed by atoms with E-state index in [-0.39, 0.29) is 0 Å². The van der Waals surface area contributed by atoms with Gasteiger partial charge in [0.2, 0.25) is 10.4 Å². The molecule has 0 rings (SSSR count). The second kappa shape index (κ2) is 11.6. The van der Waals surface area contributed by atoms with Gasteiger partial charge in [-0.25, -0.2) is 8.42 Å². The number of hydrogen-bond acceptors (Lipinski definition) is 3. The molecule has 5 nitrogen and oxygen atoms in total. The second-order valence-corrected chi connectivity index (χ2v) is 6.77. The first-order valence-corrected chi connectivity index (χ1v) is 8.41. The van der Waals surface area contributed by atoms with Crippen LogP contribution in [0.4, 0.5) is 0 Å². The Morgan fingerprint density at radius 1 is 0.895 bits per heavy atom. The molecule has 0 radical (unpaired) electrons. The molecule has 0 saturated heterocycles. The van der Waals surface area contributed by atoms with E-state index in [9.17, 15) is 0 Å². The highest BCUT2D eigenvalue weighted by Crippen LogP contribution is 2.09. The maximum atomic E-state index is 8.63. The lowest BCUT2D eigenvalue weighted by Crippen LogP contribution is -2.35. The van der Waals surface area contributed by atoms with Gasteiger partial charge >= 0.3 is 0 Å². The summed E-state index contributed by atoms with van der Waals surface area (Å²) >= 11 is 0. The highest BCUT2D eigenvalue weighted by atomic mass is 32.3. The lowest BCUT2D eigenvalue weighted by atomic mass is 10.1. The lowest BCUT2D eigenvalue weighted by Gasteiger charge is -2.23. The Labute approximate surface area is 119 Å². The first-order chi connectivity index (χ1) is 8.56. The summed E-state index contributed by atoms with van der Waals surface area (Å²) in [5.74, 6) is 0. The molecule has 118 valence electrons. The van der Waals surface area contributed by atoms with Crippen LogP contribution >= 0.6 is 0 Å². The van der Waals surface area contributed by atoms with Crippen LogP contribution in [0.2, 0.25) is 0 Å². The van der Waals surface area contributed by atoms with E-state index < -0.39 is 10.4 Å². The molecule has 0 heterocycles. The first-order valence-electron chi connectivity index (χ1n) is 7.05. The van der Waals surface area contributed by atoms with Crippen molar-refractivity contribution in [2.45, 2.75) is 58.3 Å². The fraction of sp³-hybridized carbons (Fsp3) is 1.00. The fourth-order valence-corrected chi connectivity index (χ4v) is 1.72. The van der Waals surface area contributed by atoms with Crippen molar-refractivity contribution in [1.82, 2.24) is 0 Å². The van der Waals surface area contributed by atoms with Crippen molar-refractivity contribution >= 4 is 10.4 Å². The molecule has 0 aromatic rings. The van der Waals surface area contributed by atoms with E-state index in [1.807, 2.05) is 0 Å². The summed E-state index contributed by atoms with van der Waals surface area (Å²) in [7, 11) is 1.92. The van der Waals surface area contributed by atoms with Gasteiger partial charge in [0.05, 0.1) is 27.7 Å². The predicted molar refractivity (Wildman–Crippen MR) is 77.8 cm³/mol. The molecule has 0 aliphatic carbocycles. The van der Waals surface area contributed by atoms with Crippen LogP contribution in [0, 0.1) is 0 Å². The van der Waals surface area contributed by atoms with Crippen LogP contribution in [0.1, 0.15) is 58.3 Å². The second-order valence-electron chi connectivity index (χ2n) is 5.92. The van der Waals surface area contributed by atoms with E-state index in [0.717, 1.165) is 4.48 Å². The highest BCUT2D eigenvalue weighted by molar-refractivity contribution is 7.79. The van der Waals surface area contributed by atoms with Crippen molar-refractivity contribution in [3.8, 4) is 0 Å². The van der Waals surface area contributed by atoms with Crippen LogP contribution in [-0.2, 0) is 10.4 Å². The zero-order chi connectivity index (χ0) is 15.4. The summed E-state index contributed by atoms with van der Waals surface area (Å²) in [5.41, 5.74) is 0. The average Bonchev–Trinajstić information content (AvgIpc) is 2.18.